The molecule has 0 bridgehead atoms. The summed E-state index contributed by atoms with van der Waals surface area (Å²) in [5.41, 5.74) is 1.03. The van der Waals surface area contributed by atoms with Gasteiger partial charge in [0.15, 0.2) is 0 Å². The van der Waals surface area contributed by atoms with Gasteiger partial charge in [-0.2, -0.15) is 0 Å². The first-order chi connectivity index (χ1) is 8.54. The molecule has 0 aromatic heterocycles. The van der Waals surface area contributed by atoms with Crippen LogP contribution >= 0.6 is 39.1 Å². The molecule has 5 heteroatoms. The SMILES string of the molecule is CNC1CCN(c2ccc(Br)c(Cl)c2Cl)CC1C. The summed E-state index contributed by atoms with van der Waals surface area (Å²) in [6.45, 7) is 4.28. The van der Waals surface area contributed by atoms with Crippen LogP contribution in [0.5, 0.6) is 0 Å². The number of halogens is 3. The maximum atomic E-state index is 6.33. The third-order valence-electron chi connectivity index (χ3n) is 3.63. The van der Waals surface area contributed by atoms with Crippen LogP contribution < -0.4 is 10.2 Å². The van der Waals surface area contributed by atoms with Gasteiger partial charge in [0.2, 0.25) is 0 Å². The highest BCUT2D eigenvalue weighted by Crippen LogP contribution is 2.38. The van der Waals surface area contributed by atoms with E-state index in [0.717, 1.165) is 29.7 Å². The highest BCUT2D eigenvalue weighted by atomic mass is 79.9. The van der Waals surface area contributed by atoms with Crippen molar-refractivity contribution in [2.24, 2.45) is 5.92 Å². The number of hydrogen-bond donors (Lipinski definition) is 1. The molecule has 0 spiro atoms. The second-order valence-electron chi connectivity index (χ2n) is 4.80. The number of piperidine rings is 1. The van der Waals surface area contributed by atoms with Crippen molar-refractivity contribution in [2.45, 2.75) is 19.4 Å². The molecule has 1 fully saturated rings. The van der Waals surface area contributed by atoms with Crippen molar-refractivity contribution in [2.75, 3.05) is 25.0 Å². The van der Waals surface area contributed by atoms with Crippen LogP contribution in [0.25, 0.3) is 0 Å². The predicted octanol–water partition coefficient (Wildman–Crippen LogP) is 4.19. The summed E-state index contributed by atoms with van der Waals surface area (Å²) in [5, 5.41) is 4.60. The second-order valence-corrected chi connectivity index (χ2v) is 6.41. The molecule has 0 saturated carbocycles. The average molecular weight is 352 g/mol. The van der Waals surface area contributed by atoms with Gasteiger partial charge in [0.25, 0.3) is 0 Å². The second kappa shape index (κ2) is 6.00. The molecule has 0 amide bonds. The fourth-order valence-electron chi connectivity index (χ4n) is 2.55. The van der Waals surface area contributed by atoms with Gasteiger partial charge in [-0.05, 0) is 47.4 Å². The van der Waals surface area contributed by atoms with Crippen molar-refractivity contribution in [3.63, 3.8) is 0 Å². The van der Waals surface area contributed by atoms with Gasteiger partial charge in [-0.15, -0.1) is 0 Å². The van der Waals surface area contributed by atoms with E-state index in [0.29, 0.717) is 22.0 Å². The molecule has 1 aliphatic heterocycles. The van der Waals surface area contributed by atoms with Crippen LogP contribution in [0, 0.1) is 5.92 Å². The van der Waals surface area contributed by atoms with Crippen LogP contribution in [0.15, 0.2) is 16.6 Å². The van der Waals surface area contributed by atoms with Crippen LogP contribution in [0.3, 0.4) is 0 Å². The van der Waals surface area contributed by atoms with Gasteiger partial charge >= 0.3 is 0 Å². The molecular weight excluding hydrogens is 335 g/mol. The molecule has 2 nitrogen and oxygen atoms in total. The minimum Gasteiger partial charge on any atom is -0.370 e. The molecule has 2 atom stereocenters. The Hall–Kier alpha value is 0.0400. The smallest absolute Gasteiger partial charge is 0.0837 e. The molecule has 1 N–H and O–H groups in total. The standard InChI is InChI=1S/C13H17BrCl2N2/c1-8-7-18(6-5-10(8)17-2)11-4-3-9(14)12(15)13(11)16/h3-4,8,10,17H,5-7H2,1-2H3. The predicted molar refractivity (Wildman–Crippen MR) is 83.0 cm³/mol. The Morgan fingerprint density at radius 2 is 2.06 bits per heavy atom. The van der Waals surface area contributed by atoms with E-state index in [2.05, 4.69) is 33.1 Å². The van der Waals surface area contributed by atoms with Gasteiger partial charge in [-0.25, -0.2) is 0 Å². The third-order valence-corrected chi connectivity index (χ3v) is 5.39. The van der Waals surface area contributed by atoms with E-state index in [9.17, 15) is 0 Å². The van der Waals surface area contributed by atoms with Crippen molar-refractivity contribution in [1.82, 2.24) is 5.32 Å². The molecule has 0 aliphatic carbocycles. The van der Waals surface area contributed by atoms with Crippen LogP contribution in [0.4, 0.5) is 5.69 Å². The van der Waals surface area contributed by atoms with Gasteiger partial charge < -0.3 is 10.2 Å². The number of anilines is 1. The summed E-state index contributed by atoms with van der Waals surface area (Å²) < 4.78 is 0.844. The number of benzene rings is 1. The molecule has 2 unspecified atom stereocenters. The van der Waals surface area contributed by atoms with Gasteiger partial charge in [0.1, 0.15) is 0 Å². The third kappa shape index (κ3) is 2.79. The molecule has 1 aromatic carbocycles. The summed E-state index contributed by atoms with van der Waals surface area (Å²) in [5.74, 6) is 0.599. The lowest BCUT2D eigenvalue weighted by Gasteiger charge is -2.38. The fourth-order valence-corrected chi connectivity index (χ4v) is 3.44. The van der Waals surface area contributed by atoms with Crippen molar-refractivity contribution in [3.05, 3.63) is 26.7 Å². The molecule has 1 saturated heterocycles. The number of nitrogens with zero attached hydrogens (tertiary/aromatic N) is 1. The summed E-state index contributed by atoms with van der Waals surface area (Å²) >= 11 is 15.9. The Labute approximate surface area is 127 Å². The molecule has 0 radical (unpaired) electrons. The van der Waals surface area contributed by atoms with Crippen molar-refractivity contribution >= 4 is 44.8 Å². The Bertz CT molecular complexity index is 439. The average Bonchev–Trinajstić information content (AvgIpc) is 2.36. The van der Waals surface area contributed by atoms with E-state index in [4.69, 9.17) is 23.2 Å². The van der Waals surface area contributed by atoms with E-state index in [1.54, 1.807) is 0 Å². The zero-order valence-electron chi connectivity index (χ0n) is 10.5. The van der Waals surface area contributed by atoms with Gasteiger partial charge in [-0.3, -0.25) is 0 Å². The van der Waals surface area contributed by atoms with E-state index in [1.165, 1.54) is 0 Å². The normalized spacial score (nSPS) is 24.4. The molecular formula is C13H17BrCl2N2. The first-order valence-electron chi connectivity index (χ1n) is 6.10. The number of hydrogen-bond acceptors (Lipinski definition) is 2. The lowest BCUT2D eigenvalue weighted by atomic mass is 9.93. The zero-order valence-corrected chi connectivity index (χ0v) is 13.6. The van der Waals surface area contributed by atoms with Crippen LogP contribution in [0.1, 0.15) is 13.3 Å². The summed E-state index contributed by atoms with van der Waals surface area (Å²) in [6, 6.07) is 4.58. The van der Waals surface area contributed by atoms with E-state index < -0.39 is 0 Å². The fraction of sp³-hybridized carbons (Fsp3) is 0.538. The Balaban J connectivity index is 2.21. The minimum absolute atomic E-state index is 0.589. The Morgan fingerprint density at radius 1 is 1.33 bits per heavy atom. The lowest BCUT2D eigenvalue weighted by Crippen LogP contribution is -2.47. The summed E-state index contributed by atoms with van der Waals surface area (Å²) in [6.07, 6.45) is 1.13. The highest BCUT2D eigenvalue weighted by Gasteiger charge is 2.26. The molecule has 1 heterocycles. The number of nitrogens with one attached hydrogen (secondary N) is 1. The van der Waals surface area contributed by atoms with Crippen LogP contribution in [-0.2, 0) is 0 Å². The highest BCUT2D eigenvalue weighted by molar-refractivity contribution is 9.10. The maximum Gasteiger partial charge on any atom is 0.0837 e. The number of rotatable bonds is 2. The molecule has 1 aromatic rings. The zero-order chi connectivity index (χ0) is 13.3. The monoisotopic (exact) mass is 350 g/mol. The van der Waals surface area contributed by atoms with Crippen molar-refractivity contribution < 1.29 is 0 Å². The first-order valence-corrected chi connectivity index (χ1v) is 7.65. The maximum absolute atomic E-state index is 6.33. The van der Waals surface area contributed by atoms with Gasteiger partial charge in [0.05, 0.1) is 15.7 Å². The quantitative estimate of drug-likeness (QED) is 0.803. The van der Waals surface area contributed by atoms with E-state index in [1.807, 2.05) is 19.2 Å². The van der Waals surface area contributed by atoms with Crippen LogP contribution in [0.2, 0.25) is 10.0 Å². The van der Waals surface area contributed by atoms with Gasteiger partial charge in [-0.1, -0.05) is 30.1 Å². The molecule has 18 heavy (non-hydrogen) atoms. The van der Waals surface area contributed by atoms with Gasteiger partial charge in [0, 0.05) is 23.6 Å². The first kappa shape index (κ1) is 14.4. The van der Waals surface area contributed by atoms with E-state index in [-0.39, 0.29) is 0 Å². The Morgan fingerprint density at radius 3 is 2.67 bits per heavy atom. The van der Waals surface area contributed by atoms with Crippen LogP contribution in [-0.4, -0.2) is 26.2 Å². The molecule has 2 rings (SSSR count). The summed E-state index contributed by atoms with van der Waals surface area (Å²) in [7, 11) is 2.03. The largest absolute Gasteiger partial charge is 0.370 e. The van der Waals surface area contributed by atoms with E-state index >= 15 is 0 Å². The topological polar surface area (TPSA) is 15.3 Å². The Kier molecular flexibility index (Phi) is 4.81. The lowest BCUT2D eigenvalue weighted by molar-refractivity contribution is 0.339. The molecule has 100 valence electrons. The van der Waals surface area contributed by atoms with Crippen molar-refractivity contribution in [3.8, 4) is 0 Å². The molecule has 1 aliphatic rings. The summed E-state index contributed by atoms with van der Waals surface area (Å²) in [4.78, 5) is 2.32. The van der Waals surface area contributed by atoms with Crippen molar-refractivity contribution in [1.29, 1.82) is 0 Å². The minimum atomic E-state index is 0.589.